The molecule has 2 nitrogen and oxygen atoms in total. The molecule has 0 saturated heterocycles. The molecule has 7 heteroatoms. The molecule has 1 N–H and O–H groups in total. The summed E-state index contributed by atoms with van der Waals surface area (Å²) in [4.78, 5) is 3.00. The van der Waals surface area contributed by atoms with Crippen LogP contribution in [0.5, 0.6) is 5.75 Å². The van der Waals surface area contributed by atoms with E-state index in [1.54, 1.807) is 0 Å². The summed E-state index contributed by atoms with van der Waals surface area (Å²) in [7, 11) is 0. The Bertz CT molecular complexity index is 624. The van der Waals surface area contributed by atoms with Gasteiger partial charge in [0.15, 0.2) is 23.1 Å². The second kappa shape index (κ2) is 4.49. The normalized spacial score (nSPS) is 11.6. The van der Waals surface area contributed by atoms with Crippen LogP contribution in [-0.2, 0) is 6.18 Å². The highest BCUT2D eigenvalue weighted by molar-refractivity contribution is 5.71. The molecule has 0 unspecified atom stereocenters. The van der Waals surface area contributed by atoms with Crippen molar-refractivity contribution >= 4 is 0 Å². The predicted octanol–water partition coefficient (Wildman–Crippen LogP) is 3.75. The average molecular weight is 275 g/mol. The number of benzene rings is 1. The Morgan fingerprint density at radius 2 is 1.68 bits per heavy atom. The third-order valence-electron chi connectivity index (χ3n) is 2.43. The maximum Gasteiger partial charge on any atom is 0.437 e. The highest BCUT2D eigenvalue weighted by Gasteiger charge is 2.37. The van der Waals surface area contributed by atoms with E-state index in [4.69, 9.17) is 0 Å². The largest absolute Gasteiger partial charge is 0.505 e. The number of aromatic nitrogens is 1. The lowest BCUT2D eigenvalue weighted by atomic mass is 10.0. The minimum atomic E-state index is -4.89. The number of rotatable bonds is 1. The molecule has 1 heterocycles. The van der Waals surface area contributed by atoms with E-state index in [0.717, 1.165) is 30.5 Å². The Balaban J connectivity index is 2.68. The van der Waals surface area contributed by atoms with Gasteiger partial charge >= 0.3 is 6.18 Å². The van der Waals surface area contributed by atoms with E-state index in [2.05, 4.69) is 4.98 Å². The molecule has 1 aromatic heterocycles. The molecule has 0 spiro atoms. The summed E-state index contributed by atoms with van der Waals surface area (Å²) in [5.74, 6) is -3.79. The third kappa shape index (κ3) is 2.35. The molecule has 19 heavy (non-hydrogen) atoms. The minimum Gasteiger partial charge on any atom is -0.505 e. The van der Waals surface area contributed by atoms with E-state index in [0.29, 0.717) is 0 Å². The highest BCUT2D eigenvalue weighted by atomic mass is 19.4. The quantitative estimate of drug-likeness (QED) is 0.804. The summed E-state index contributed by atoms with van der Waals surface area (Å²) in [5.41, 5.74) is -2.49. The van der Waals surface area contributed by atoms with Gasteiger partial charge in [0, 0.05) is 17.3 Å². The zero-order chi connectivity index (χ0) is 14.2. The fraction of sp³-hybridized carbons (Fsp3) is 0.0833. The smallest absolute Gasteiger partial charge is 0.437 e. The summed E-state index contributed by atoms with van der Waals surface area (Å²) >= 11 is 0. The van der Waals surface area contributed by atoms with Crippen LogP contribution in [0.2, 0.25) is 0 Å². The molecular formula is C12H6F5NO. The van der Waals surface area contributed by atoms with Crippen LogP contribution >= 0.6 is 0 Å². The SMILES string of the molecule is Oc1c(-c2cccc(F)c2F)ccnc1C(F)(F)F. The van der Waals surface area contributed by atoms with Gasteiger partial charge < -0.3 is 5.11 Å². The molecule has 2 aromatic rings. The molecule has 0 amide bonds. The number of hydrogen-bond acceptors (Lipinski definition) is 2. The van der Waals surface area contributed by atoms with Crippen LogP contribution in [0.3, 0.4) is 0 Å². The first-order valence-electron chi connectivity index (χ1n) is 5.02. The van der Waals surface area contributed by atoms with Crippen LogP contribution in [0, 0.1) is 11.6 Å². The Kier molecular flexibility index (Phi) is 3.13. The molecule has 0 aliphatic heterocycles. The lowest BCUT2D eigenvalue weighted by molar-refractivity contribution is -0.142. The van der Waals surface area contributed by atoms with Crippen molar-refractivity contribution in [2.24, 2.45) is 0 Å². The van der Waals surface area contributed by atoms with Gasteiger partial charge in [-0.15, -0.1) is 0 Å². The zero-order valence-corrected chi connectivity index (χ0v) is 9.17. The molecule has 0 bridgehead atoms. The van der Waals surface area contributed by atoms with Crippen LogP contribution in [-0.4, -0.2) is 10.1 Å². The molecule has 100 valence electrons. The maximum atomic E-state index is 13.5. The van der Waals surface area contributed by atoms with Crippen molar-refractivity contribution in [2.75, 3.05) is 0 Å². The van der Waals surface area contributed by atoms with Crippen molar-refractivity contribution in [3.05, 3.63) is 47.8 Å². The lowest BCUT2D eigenvalue weighted by Gasteiger charge is -2.12. The van der Waals surface area contributed by atoms with Gasteiger partial charge in [-0.25, -0.2) is 13.8 Å². The molecule has 1 aromatic carbocycles. The molecule has 0 radical (unpaired) electrons. The Hall–Kier alpha value is -2.18. The monoisotopic (exact) mass is 275 g/mol. The van der Waals surface area contributed by atoms with Crippen LogP contribution in [0.25, 0.3) is 11.1 Å². The summed E-state index contributed by atoms with van der Waals surface area (Å²) < 4.78 is 64.1. The maximum absolute atomic E-state index is 13.5. The first-order valence-corrected chi connectivity index (χ1v) is 5.02. The van der Waals surface area contributed by atoms with Gasteiger partial charge in [-0.3, -0.25) is 0 Å². The number of alkyl halides is 3. The summed E-state index contributed by atoms with van der Waals surface area (Å²) in [5, 5.41) is 9.52. The summed E-state index contributed by atoms with van der Waals surface area (Å²) in [6.07, 6.45) is -4.12. The first kappa shape index (κ1) is 13.3. The highest BCUT2D eigenvalue weighted by Crippen LogP contribution is 2.40. The second-order valence-corrected chi connectivity index (χ2v) is 3.65. The molecule has 0 aliphatic carbocycles. The molecule has 0 fully saturated rings. The van der Waals surface area contributed by atoms with Crippen molar-refractivity contribution in [1.29, 1.82) is 0 Å². The molecular weight excluding hydrogens is 269 g/mol. The zero-order valence-electron chi connectivity index (χ0n) is 9.17. The van der Waals surface area contributed by atoms with Crippen molar-refractivity contribution in [3.8, 4) is 16.9 Å². The fourth-order valence-electron chi connectivity index (χ4n) is 1.59. The van der Waals surface area contributed by atoms with Gasteiger partial charge in [0.05, 0.1) is 0 Å². The predicted molar refractivity (Wildman–Crippen MR) is 56.3 cm³/mol. The van der Waals surface area contributed by atoms with Crippen LogP contribution in [0.1, 0.15) is 5.69 Å². The molecule has 0 saturated carbocycles. The van der Waals surface area contributed by atoms with E-state index in [-0.39, 0.29) is 0 Å². The second-order valence-electron chi connectivity index (χ2n) is 3.65. The number of aromatic hydroxyl groups is 1. The number of halogens is 5. The van der Waals surface area contributed by atoms with E-state index < -0.39 is 40.4 Å². The van der Waals surface area contributed by atoms with Crippen molar-refractivity contribution in [1.82, 2.24) is 4.98 Å². The van der Waals surface area contributed by atoms with Crippen molar-refractivity contribution < 1.29 is 27.1 Å². The van der Waals surface area contributed by atoms with E-state index in [1.165, 1.54) is 0 Å². The van der Waals surface area contributed by atoms with Gasteiger partial charge in [0.1, 0.15) is 0 Å². The fourth-order valence-corrected chi connectivity index (χ4v) is 1.59. The van der Waals surface area contributed by atoms with Crippen molar-refractivity contribution in [2.45, 2.75) is 6.18 Å². The molecule has 0 atom stereocenters. The number of pyridine rings is 1. The van der Waals surface area contributed by atoms with Crippen molar-refractivity contribution in [3.63, 3.8) is 0 Å². The number of nitrogens with zero attached hydrogens (tertiary/aromatic N) is 1. The Morgan fingerprint density at radius 3 is 2.32 bits per heavy atom. The van der Waals surface area contributed by atoms with Crippen LogP contribution in [0.15, 0.2) is 30.5 Å². The molecule has 0 aliphatic rings. The third-order valence-corrected chi connectivity index (χ3v) is 2.43. The Morgan fingerprint density at radius 1 is 1.00 bits per heavy atom. The van der Waals surface area contributed by atoms with Gasteiger partial charge in [-0.2, -0.15) is 13.2 Å². The molecule has 2 rings (SSSR count). The van der Waals surface area contributed by atoms with Gasteiger partial charge in [0.2, 0.25) is 0 Å². The van der Waals surface area contributed by atoms with E-state index >= 15 is 0 Å². The van der Waals surface area contributed by atoms with E-state index in [9.17, 15) is 27.1 Å². The van der Waals surface area contributed by atoms with Crippen LogP contribution in [0.4, 0.5) is 22.0 Å². The van der Waals surface area contributed by atoms with Gasteiger partial charge in [0.25, 0.3) is 0 Å². The number of hydrogen-bond donors (Lipinski definition) is 1. The van der Waals surface area contributed by atoms with Crippen LogP contribution < -0.4 is 0 Å². The first-order chi connectivity index (χ1) is 8.82. The van der Waals surface area contributed by atoms with Gasteiger partial charge in [-0.1, -0.05) is 12.1 Å². The van der Waals surface area contributed by atoms with Gasteiger partial charge in [-0.05, 0) is 12.1 Å². The minimum absolute atomic E-state index is 0.467. The Labute approximate surface area is 104 Å². The lowest BCUT2D eigenvalue weighted by Crippen LogP contribution is -2.08. The topological polar surface area (TPSA) is 33.1 Å². The van der Waals surface area contributed by atoms with E-state index in [1.807, 2.05) is 0 Å². The summed E-state index contributed by atoms with van der Waals surface area (Å²) in [6, 6.07) is 3.98. The summed E-state index contributed by atoms with van der Waals surface area (Å²) in [6.45, 7) is 0. The average Bonchev–Trinajstić information content (AvgIpc) is 2.32. The standard InChI is InChI=1S/C12H6F5NO/c13-8-3-1-2-6(9(8)14)7-4-5-18-11(10(7)19)12(15,16)17/h1-5,19H.